The van der Waals surface area contributed by atoms with Crippen molar-refractivity contribution in [3.63, 3.8) is 0 Å². The molecule has 1 atom stereocenters. The number of fused-ring (bicyclic) bond motifs is 2. The minimum Gasteiger partial charge on any atom is -0.361 e. The van der Waals surface area contributed by atoms with Crippen LogP contribution in [0, 0.1) is 6.92 Å². The quantitative estimate of drug-likeness (QED) is 0.223. The summed E-state index contributed by atoms with van der Waals surface area (Å²) in [5.41, 5.74) is 7.60. The molecule has 0 fully saturated rings. The van der Waals surface area contributed by atoms with Gasteiger partial charge in [-0.15, -0.1) is 0 Å². The summed E-state index contributed by atoms with van der Waals surface area (Å²) < 4.78 is 24.3. The number of hydrogen-bond acceptors (Lipinski definition) is 6. The number of aryl methyl sites for hydroxylation is 1. The van der Waals surface area contributed by atoms with Crippen molar-refractivity contribution in [3.05, 3.63) is 84.8 Å². The molecule has 6 rings (SSSR count). The van der Waals surface area contributed by atoms with Gasteiger partial charge in [0.15, 0.2) is 10.7 Å². The number of pyridine rings is 1. The molecule has 9 nitrogen and oxygen atoms in total. The molecule has 0 radical (unpaired) electrons. The molecule has 0 unspecified atom stereocenters. The van der Waals surface area contributed by atoms with Crippen LogP contribution in [0.4, 0.5) is 5.82 Å². The van der Waals surface area contributed by atoms with E-state index in [1.807, 2.05) is 36.5 Å². The van der Waals surface area contributed by atoms with E-state index in [1.54, 1.807) is 23.3 Å². The lowest BCUT2D eigenvalue weighted by Gasteiger charge is -2.17. The monoisotopic (exact) mass is 511 g/mol. The molecule has 0 spiro atoms. The van der Waals surface area contributed by atoms with Gasteiger partial charge in [-0.2, -0.15) is 0 Å². The number of aromatic nitrogens is 6. The summed E-state index contributed by atoms with van der Waals surface area (Å²) in [6.07, 6.45) is 6.89. The third kappa shape index (κ3) is 4.15. The Morgan fingerprint density at radius 1 is 1.03 bits per heavy atom. The second-order valence-electron chi connectivity index (χ2n) is 9.02. The average Bonchev–Trinajstić information content (AvgIpc) is 3.62. The average molecular weight is 512 g/mol. The summed E-state index contributed by atoms with van der Waals surface area (Å²) in [6.45, 7) is 4.16. The molecule has 0 amide bonds. The van der Waals surface area contributed by atoms with Crippen molar-refractivity contribution in [2.75, 3.05) is 5.32 Å². The maximum Gasteiger partial charge on any atom is 0.158 e. The number of benzene rings is 1. The number of hydrogen-bond donors (Lipinski definition) is 4. The van der Waals surface area contributed by atoms with Crippen LogP contribution in [0.1, 0.15) is 24.4 Å². The van der Waals surface area contributed by atoms with Gasteiger partial charge in [-0.3, -0.25) is 0 Å². The van der Waals surface area contributed by atoms with Crippen LogP contribution in [0.25, 0.3) is 44.3 Å². The summed E-state index contributed by atoms with van der Waals surface area (Å²) >= 11 is 0. The lowest BCUT2D eigenvalue weighted by atomic mass is 10.0. The van der Waals surface area contributed by atoms with Crippen molar-refractivity contribution >= 4 is 38.6 Å². The zero-order valence-electron chi connectivity index (χ0n) is 20.3. The van der Waals surface area contributed by atoms with Crippen molar-refractivity contribution in [2.45, 2.75) is 25.8 Å². The highest BCUT2D eigenvalue weighted by Gasteiger charge is 2.20. The SMILES string of the molecule is Cc1cc(-c2ccccc2)c([C@H](C)Nc2ncnc3[nH]cc(-c4ccnc5c4ccn5C[SH](=O)=O)c23)[nH]1. The van der Waals surface area contributed by atoms with E-state index < -0.39 is 10.7 Å². The second kappa shape index (κ2) is 9.21. The maximum absolute atomic E-state index is 11.3. The van der Waals surface area contributed by atoms with E-state index in [-0.39, 0.29) is 11.9 Å². The smallest absolute Gasteiger partial charge is 0.158 e. The van der Waals surface area contributed by atoms with E-state index in [9.17, 15) is 8.42 Å². The number of nitrogens with one attached hydrogen (secondary N) is 3. The molecular formula is C27H25N7O2S. The van der Waals surface area contributed by atoms with E-state index in [0.29, 0.717) is 17.1 Å². The molecule has 0 aliphatic carbocycles. The van der Waals surface area contributed by atoms with Crippen LogP contribution in [-0.2, 0) is 16.6 Å². The van der Waals surface area contributed by atoms with E-state index in [4.69, 9.17) is 0 Å². The molecule has 0 aliphatic heterocycles. The van der Waals surface area contributed by atoms with Gasteiger partial charge in [0.2, 0.25) is 0 Å². The van der Waals surface area contributed by atoms with Gasteiger partial charge in [-0.05, 0) is 43.2 Å². The Labute approximate surface area is 214 Å². The van der Waals surface area contributed by atoms with Crippen molar-refractivity contribution in [1.82, 2.24) is 29.5 Å². The maximum atomic E-state index is 11.3. The molecule has 0 bridgehead atoms. The summed E-state index contributed by atoms with van der Waals surface area (Å²) in [5.74, 6) is 0.586. The standard InChI is InChI=1S/C27H25N7O2S/c1-16-12-21(18-6-4-3-5-7-18)24(32-16)17(2)33-26-23-22(13-29-25(23)30-14-31-26)19-8-10-28-27-20(19)9-11-34(27)15-37(35)36/h3-14,17,32,37H,15H2,1-2H3,(H2,29,30,31,33)/t17-/m0/s1. The second-order valence-corrected chi connectivity index (χ2v) is 9.96. The molecular weight excluding hydrogens is 486 g/mol. The van der Waals surface area contributed by atoms with Crippen molar-refractivity contribution in [2.24, 2.45) is 0 Å². The number of nitrogens with zero attached hydrogens (tertiary/aromatic N) is 4. The first-order valence-corrected chi connectivity index (χ1v) is 13.3. The minimum absolute atomic E-state index is 0.0725. The first-order valence-electron chi connectivity index (χ1n) is 11.9. The van der Waals surface area contributed by atoms with Gasteiger partial charge in [0.1, 0.15) is 29.3 Å². The summed E-state index contributed by atoms with van der Waals surface area (Å²) in [6, 6.07) is 16.2. The van der Waals surface area contributed by atoms with Crippen LogP contribution in [0.15, 0.2) is 73.4 Å². The van der Waals surface area contributed by atoms with Gasteiger partial charge < -0.3 is 19.9 Å². The predicted octanol–water partition coefficient (Wildman–Crippen LogP) is 5.02. The lowest BCUT2D eigenvalue weighted by molar-refractivity contribution is 0.605. The molecule has 3 N–H and O–H groups in total. The van der Waals surface area contributed by atoms with Gasteiger partial charge >= 0.3 is 0 Å². The van der Waals surface area contributed by atoms with Gasteiger partial charge in [-0.1, -0.05) is 30.3 Å². The molecule has 186 valence electrons. The molecule has 1 aromatic carbocycles. The number of thiol groups is 1. The molecule has 10 heteroatoms. The van der Waals surface area contributed by atoms with Crippen molar-refractivity contribution in [1.29, 1.82) is 0 Å². The first-order chi connectivity index (χ1) is 18.0. The van der Waals surface area contributed by atoms with Crippen LogP contribution in [0.3, 0.4) is 0 Å². The van der Waals surface area contributed by atoms with Crippen LogP contribution in [-0.4, -0.2) is 37.9 Å². The first kappa shape index (κ1) is 23.0. The predicted molar refractivity (Wildman–Crippen MR) is 146 cm³/mol. The zero-order valence-corrected chi connectivity index (χ0v) is 21.2. The Morgan fingerprint density at radius 3 is 2.68 bits per heavy atom. The molecule has 0 saturated carbocycles. The van der Waals surface area contributed by atoms with Gasteiger partial charge in [0, 0.05) is 46.5 Å². The highest BCUT2D eigenvalue weighted by atomic mass is 32.2. The Bertz CT molecular complexity index is 1810. The van der Waals surface area contributed by atoms with E-state index in [2.05, 4.69) is 62.3 Å². The Balaban J connectivity index is 1.43. The molecule has 37 heavy (non-hydrogen) atoms. The molecule has 5 heterocycles. The van der Waals surface area contributed by atoms with E-state index in [0.717, 1.165) is 44.4 Å². The Morgan fingerprint density at radius 2 is 1.86 bits per heavy atom. The number of anilines is 1. The fraction of sp³-hybridized carbons (Fsp3) is 0.148. The third-order valence-corrected chi connectivity index (χ3v) is 7.08. The number of rotatable bonds is 7. The van der Waals surface area contributed by atoms with Crippen LogP contribution >= 0.6 is 0 Å². The zero-order chi connectivity index (χ0) is 25.5. The topological polar surface area (TPSA) is 121 Å². The third-order valence-electron chi connectivity index (χ3n) is 6.54. The highest BCUT2D eigenvalue weighted by Crippen LogP contribution is 2.37. The van der Waals surface area contributed by atoms with Crippen LogP contribution in [0.5, 0.6) is 0 Å². The molecule has 5 aromatic heterocycles. The lowest BCUT2D eigenvalue weighted by Crippen LogP contribution is -2.10. The minimum atomic E-state index is -2.58. The highest BCUT2D eigenvalue weighted by molar-refractivity contribution is 7.71. The summed E-state index contributed by atoms with van der Waals surface area (Å²) in [5, 5.41) is 5.31. The fourth-order valence-electron chi connectivity index (χ4n) is 4.93. The summed E-state index contributed by atoms with van der Waals surface area (Å²) in [4.78, 5) is 20.3. The largest absolute Gasteiger partial charge is 0.361 e. The number of aromatic amines is 2. The van der Waals surface area contributed by atoms with Gasteiger partial charge in [-0.25, -0.2) is 23.4 Å². The normalized spacial score (nSPS) is 12.5. The van der Waals surface area contributed by atoms with E-state index >= 15 is 0 Å². The number of H-pyrrole nitrogens is 2. The fourth-order valence-corrected chi connectivity index (χ4v) is 5.41. The van der Waals surface area contributed by atoms with Crippen LogP contribution < -0.4 is 5.32 Å². The van der Waals surface area contributed by atoms with Crippen LogP contribution in [0.2, 0.25) is 0 Å². The summed E-state index contributed by atoms with van der Waals surface area (Å²) in [7, 11) is -2.58. The van der Waals surface area contributed by atoms with Crippen molar-refractivity contribution in [3.8, 4) is 22.3 Å². The van der Waals surface area contributed by atoms with Gasteiger partial charge in [0.05, 0.1) is 11.4 Å². The Kier molecular flexibility index (Phi) is 5.72. The molecule has 6 aromatic rings. The van der Waals surface area contributed by atoms with E-state index in [1.165, 1.54) is 0 Å². The molecule has 0 saturated heterocycles. The Hall–Kier alpha value is -4.44. The van der Waals surface area contributed by atoms with Crippen molar-refractivity contribution < 1.29 is 8.42 Å². The molecule has 0 aliphatic rings. The van der Waals surface area contributed by atoms with Gasteiger partial charge in [0.25, 0.3) is 0 Å².